The highest BCUT2D eigenvalue weighted by Gasteiger charge is 2.05. The van der Waals surface area contributed by atoms with Crippen LogP contribution in [0.4, 0.5) is 21.7 Å². The van der Waals surface area contributed by atoms with Crippen LogP contribution in [0.15, 0.2) is 54.9 Å². The van der Waals surface area contributed by atoms with Crippen molar-refractivity contribution in [1.29, 1.82) is 0 Å². The van der Waals surface area contributed by atoms with E-state index in [4.69, 9.17) is 0 Å². The Balaban J connectivity index is 1.71. The molecule has 0 saturated heterocycles. The van der Waals surface area contributed by atoms with E-state index in [0.29, 0.717) is 12.4 Å². The van der Waals surface area contributed by atoms with E-state index in [1.807, 2.05) is 12.1 Å². The summed E-state index contributed by atoms with van der Waals surface area (Å²) in [5.41, 5.74) is 4.36. The highest BCUT2D eigenvalue weighted by molar-refractivity contribution is 5.65. The molecule has 0 saturated carbocycles. The zero-order valence-corrected chi connectivity index (χ0v) is 13.7. The molecule has 5 heteroatoms. The fourth-order valence-electron chi connectivity index (χ4n) is 2.46. The van der Waals surface area contributed by atoms with E-state index in [2.05, 4.69) is 46.6 Å². The average molecular weight is 322 g/mol. The van der Waals surface area contributed by atoms with Gasteiger partial charge in [-0.05, 0) is 42.7 Å². The van der Waals surface area contributed by atoms with E-state index < -0.39 is 0 Å². The summed E-state index contributed by atoms with van der Waals surface area (Å²) in [5, 5.41) is 6.57. The summed E-state index contributed by atoms with van der Waals surface area (Å²) in [6.45, 7) is 4.69. The van der Waals surface area contributed by atoms with Crippen molar-refractivity contribution in [1.82, 2.24) is 9.97 Å². The predicted molar refractivity (Wildman–Crippen MR) is 95.0 cm³/mol. The van der Waals surface area contributed by atoms with Gasteiger partial charge in [0.1, 0.15) is 23.8 Å². The maximum atomic E-state index is 12.9. The Morgan fingerprint density at radius 1 is 0.917 bits per heavy atom. The fraction of sp³-hybridized carbons (Fsp3) is 0.158. The van der Waals surface area contributed by atoms with Crippen molar-refractivity contribution >= 4 is 17.3 Å². The largest absolute Gasteiger partial charge is 0.366 e. The van der Waals surface area contributed by atoms with Gasteiger partial charge in [-0.3, -0.25) is 0 Å². The van der Waals surface area contributed by atoms with Gasteiger partial charge in [-0.25, -0.2) is 14.4 Å². The summed E-state index contributed by atoms with van der Waals surface area (Å²) in [5.74, 6) is 1.20. The molecule has 3 aromatic rings. The first-order chi connectivity index (χ1) is 11.6. The van der Waals surface area contributed by atoms with Crippen molar-refractivity contribution in [2.45, 2.75) is 20.4 Å². The molecule has 0 aliphatic carbocycles. The molecule has 0 atom stereocenters. The lowest BCUT2D eigenvalue weighted by Crippen LogP contribution is -2.04. The molecule has 0 amide bonds. The number of aryl methyl sites for hydroxylation is 2. The summed E-state index contributed by atoms with van der Waals surface area (Å²) in [7, 11) is 0. The number of nitrogens with one attached hydrogen (secondary N) is 2. The molecule has 0 aliphatic rings. The van der Waals surface area contributed by atoms with Crippen molar-refractivity contribution < 1.29 is 4.39 Å². The first kappa shape index (κ1) is 15.9. The van der Waals surface area contributed by atoms with Crippen LogP contribution in [0, 0.1) is 19.7 Å². The van der Waals surface area contributed by atoms with E-state index in [0.717, 1.165) is 28.2 Å². The van der Waals surface area contributed by atoms with Gasteiger partial charge in [0.15, 0.2) is 0 Å². The second-order valence-electron chi connectivity index (χ2n) is 5.66. The maximum absolute atomic E-state index is 12.9. The van der Waals surface area contributed by atoms with E-state index >= 15 is 0 Å². The second kappa shape index (κ2) is 7.08. The zero-order chi connectivity index (χ0) is 16.9. The van der Waals surface area contributed by atoms with Crippen LogP contribution in [-0.4, -0.2) is 9.97 Å². The molecular weight excluding hydrogens is 303 g/mol. The van der Waals surface area contributed by atoms with Crippen LogP contribution in [0.5, 0.6) is 0 Å². The molecule has 0 radical (unpaired) electrons. The Bertz CT molecular complexity index is 811. The molecule has 1 aromatic heterocycles. The normalized spacial score (nSPS) is 10.5. The molecule has 0 spiro atoms. The van der Waals surface area contributed by atoms with E-state index in [9.17, 15) is 4.39 Å². The number of para-hydroxylation sites is 1. The first-order valence-corrected chi connectivity index (χ1v) is 7.75. The lowest BCUT2D eigenvalue weighted by Gasteiger charge is -2.13. The van der Waals surface area contributed by atoms with Gasteiger partial charge in [-0.2, -0.15) is 0 Å². The van der Waals surface area contributed by atoms with Crippen LogP contribution >= 0.6 is 0 Å². The predicted octanol–water partition coefficient (Wildman–Crippen LogP) is 4.59. The minimum Gasteiger partial charge on any atom is -0.366 e. The number of anilines is 3. The Hall–Kier alpha value is -2.95. The van der Waals surface area contributed by atoms with Gasteiger partial charge in [0.2, 0.25) is 0 Å². The van der Waals surface area contributed by atoms with Crippen molar-refractivity contribution in [3.05, 3.63) is 77.4 Å². The van der Waals surface area contributed by atoms with E-state index in [-0.39, 0.29) is 5.82 Å². The molecule has 4 nitrogen and oxygen atoms in total. The van der Waals surface area contributed by atoms with Crippen LogP contribution in [-0.2, 0) is 6.54 Å². The quantitative estimate of drug-likeness (QED) is 0.721. The number of hydrogen-bond donors (Lipinski definition) is 2. The SMILES string of the molecule is Cc1cccc(C)c1Nc1cc(NCc2ccc(F)cc2)ncn1. The number of halogens is 1. The molecule has 1 heterocycles. The van der Waals surface area contributed by atoms with Crippen LogP contribution in [0.1, 0.15) is 16.7 Å². The lowest BCUT2D eigenvalue weighted by molar-refractivity contribution is 0.627. The third kappa shape index (κ3) is 3.87. The number of rotatable bonds is 5. The fourth-order valence-corrected chi connectivity index (χ4v) is 2.46. The zero-order valence-electron chi connectivity index (χ0n) is 13.7. The molecule has 3 rings (SSSR count). The number of benzene rings is 2. The van der Waals surface area contributed by atoms with E-state index in [1.54, 1.807) is 12.1 Å². The van der Waals surface area contributed by atoms with Gasteiger partial charge in [0.25, 0.3) is 0 Å². The van der Waals surface area contributed by atoms with Crippen LogP contribution < -0.4 is 10.6 Å². The molecule has 24 heavy (non-hydrogen) atoms. The molecular formula is C19H19FN4. The van der Waals surface area contributed by atoms with Crippen molar-refractivity contribution in [3.63, 3.8) is 0 Å². The molecule has 2 aromatic carbocycles. The Kier molecular flexibility index (Phi) is 4.70. The first-order valence-electron chi connectivity index (χ1n) is 7.75. The minimum atomic E-state index is -0.235. The Morgan fingerprint density at radius 3 is 2.29 bits per heavy atom. The van der Waals surface area contributed by atoms with E-state index in [1.165, 1.54) is 18.5 Å². The van der Waals surface area contributed by atoms with Gasteiger partial charge in [-0.15, -0.1) is 0 Å². The second-order valence-corrected chi connectivity index (χ2v) is 5.66. The topological polar surface area (TPSA) is 49.8 Å². The molecule has 0 aliphatic heterocycles. The highest BCUT2D eigenvalue weighted by atomic mass is 19.1. The minimum absolute atomic E-state index is 0.235. The van der Waals surface area contributed by atoms with Crippen molar-refractivity contribution in [2.24, 2.45) is 0 Å². The van der Waals surface area contributed by atoms with Gasteiger partial charge < -0.3 is 10.6 Å². The summed E-state index contributed by atoms with van der Waals surface area (Å²) in [4.78, 5) is 8.49. The number of hydrogen-bond acceptors (Lipinski definition) is 4. The number of nitrogens with zero attached hydrogens (tertiary/aromatic N) is 2. The van der Waals surface area contributed by atoms with Gasteiger partial charge in [0, 0.05) is 18.3 Å². The Morgan fingerprint density at radius 2 is 1.58 bits per heavy atom. The van der Waals surface area contributed by atoms with Crippen molar-refractivity contribution in [3.8, 4) is 0 Å². The monoisotopic (exact) mass is 322 g/mol. The maximum Gasteiger partial charge on any atom is 0.135 e. The van der Waals surface area contributed by atoms with Crippen LogP contribution in [0.25, 0.3) is 0 Å². The van der Waals surface area contributed by atoms with Gasteiger partial charge in [0.05, 0.1) is 0 Å². The molecule has 0 unspecified atom stereocenters. The number of aromatic nitrogens is 2. The summed E-state index contributed by atoms with van der Waals surface area (Å²) in [6.07, 6.45) is 1.52. The average Bonchev–Trinajstić information content (AvgIpc) is 2.58. The van der Waals surface area contributed by atoms with Crippen LogP contribution in [0.3, 0.4) is 0 Å². The molecule has 122 valence electrons. The lowest BCUT2D eigenvalue weighted by atomic mass is 10.1. The summed E-state index contributed by atoms with van der Waals surface area (Å²) >= 11 is 0. The smallest absolute Gasteiger partial charge is 0.135 e. The third-order valence-electron chi connectivity index (χ3n) is 3.79. The summed E-state index contributed by atoms with van der Waals surface area (Å²) in [6, 6.07) is 14.4. The van der Waals surface area contributed by atoms with Crippen LogP contribution in [0.2, 0.25) is 0 Å². The van der Waals surface area contributed by atoms with Gasteiger partial charge >= 0.3 is 0 Å². The molecule has 2 N–H and O–H groups in total. The Labute approximate surface area is 140 Å². The molecule has 0 fully saturated rings. The third-order valence-corrected chi connectivity index (χ3v) is 3.79. The standard InChI is InChI=1S/C19H19FN4/c1-13-4-3-5-14(2)19(13)24-18-10-17(22-12-23-18)21-11-15-6-8-16(20)9-7-15/h3-10,12H,11H2,1-2H3,(H2,21,22,23,24). The summed E-state index contributed by atoms with van der Waals surface area (Å²) < 4.78 is 12.9. The van der Waals surface area contributed by atoms with Crippen molar-refractivity contribution in [2.75, 3.05) is 10.6 Å². The highest BCUT2D eigenvalue weighted by Crippen LogP contribution is 2.23. The van der Waals surface area contributed by atoms with Gasteiger partial charge in [-0.1, -0.05) is 30.3 Å². The molecule has 0 bridgehead atoms.